The maximum Gasteiger partial charge on any atom is 0.254 e. The minimum atomic E-state index is -0.338. The number of carbonyl (C=O) groups excluding carboxylic acids is 1. The van der Waals surface area contributed by atoms with Crippen LogP contribution in [0.15, 0.2) is 60.7 Å². The molecule has 0 saturated carbocycles. The highest BCUT2D eigenvalue weighted by atomic mass is 19.1. The van der Waals surface area contributed by atoms with E-state index in [0.717, 1.165) is 38.4 Å². The van der Waals surface area contributed by atoms with Crippen LogP contribution in [-0.2, 0) is 4.74 Å². The Kier molecular flexibility index (Phi) is 7.13. The Balaban J connectivity index is 1.65. The van der Waals surface area contributed by atoms with Crippen LogP contribution >= 0.6 is 0 Å². The monoisotopic (exact) mass is 368 g/mol. The van der Waals surface area contributed by atoms with E-state index < -0.39 is 0 Å². The third-order valence-corrected chi connectivity index (χ3v) is 4.60. The first-order valence-electron chi connectivity index (χ1n) is 9.29. The number of nitrogens with zero attached hydrogens (tertiary/aromatic N) is 2. The van der Waals surface area contributed by atoms with Crippen molar-refractivity contribution >= 4 is 12.0 Å². The number of amides is 1. The normalized spacial score (nSPS) is 15.1. The van der Waals surface area contributed by atoms with E-state index in [1.165, 1.54) is 12.1 Å². The summed E-state index contributed by atoms with van der Waals surface area (Å²) in [6.45, 7) is 5.18. The van der Waals surface area contributed by atoms with Crippen molar-refractivity contribution in [2.24, 2.45) is 0 Å². The molecule has 1 saturated heterocycles. The van der Waals surface area contributed by atoms with Gasteiger partial charge in [-0.3, -0.25) is 9.69 Å². The van der Waals surface area contributed by atoms with Crippen LogP contribution in [0.2, 0.25) is 0 Å². The molecule has 0 bridgehead atoms. The van der Waals surface area contributed by atoms with Gasteiger partial charge in [0.25, 0.3) is 5.91 Å². The second kappa shape index (κ2) is 10.00. The molecular weight excluding hydrogens is 343 g/mol. The zero-order valence-electron chi connectivity index (χ0n) is 15.4. The van der Waals surface area contributed by atoms with E-state index in [0.29, 0.717) is 18.7 Å². The summed E-state index contributed by atoms with van der Waals surface area (Å²) in [5.74, 6) is -0.420. The summed E-state index contributed by atoms with van der Waals surface area (Å²) in [5, 5.41) is 0. The molecule has 0 N–H and O–H groups in total. The van der Waals surface area contributed by atoms with Gasteiger partial charge in [-0.1, -0.05) is 42.5 Å². The minimum Gasteiger partial charge on any atom is -0.379 e. The molecule has 1 fully saturated rings. The van der Waals surface area contributed by atoms with Crippen molar-refractivity contribution in [3.8, 4) is 0 Å². The van der Waals surface area contributed by atoms with E-state index >= 15 is 0 Å². The molecule has 27 heavy (non-hydrogen) atoms. The summed E-state index contributed by atoms with van der Waals surface area (Å²) in [6.07, 6.45) is 4.01. The largest absolute Gasteiger partial charge is 0.379 e. The lowest BCUT2D eigenvalue weighted by molar-refractivity contribution is 0.0331. The Labute approximate surface area is 159 Å². The van der Waals surface area contributed by atoms with Crippen molar-refractivity contribution < 1.29 is 13.9 Å². The SMILES string of the molecule is O=C(c1ccc(F)cc1)N(C/C=C/c1ccccc1)CCN1CCOCC1. The van der Waals surface area contributed by atoms with Crippen molar-refractivity contribution in [2.75, 3.05) is 45.9 Å². The summed E-state index contributed by atoms with van der Waals surface area (Å²) in [4.78, 5) is 17.0. The van der Waals surface area contributed by atoms with Gasteiger partial charge < -0.3 is 9.64 Å². The molecule has 1 heterocycles. The van der Waals surface area contributed by atoms with E-state index in [-0.39, 0.29) is 11.7 Å². The Bertz CT molecular complexity index is 741. The lowest BCUT2D eigenvalue weighted by Crippen LogP contribution is -2.43. The Hall–Kier alpha value is -2.50. The molecule has 0 atom stereocenters. The van der Waals surface area contributed by atoms with Crippen molar-refractivity contribution in [3.63, 3.8) is 0 Å². The summed E-state index contributed by atoms with van der Waals surface area (Å²) in [7, 11) is 0. The highest BCUT2D eigenvalue weighted by Gasteiger charge is 2.17. The molecule has 0 spiro atoms. The first-order chi connectivity index (χ1) is 13.2. The maximum absolute atomic E-state index is 13.2. The molecule has 4 nitrogen and oxygen atoms in total. The fourth-order valence-corrected chi connectivity index (χ4v) is 3.02. The van der Waals surface area contributed by atoms with Gasteiger partial charge >= 0.3 is 0 Å². The van der Waals surface area contributed by atoms with Gasteiger partial charge in [-0.05, 0) is 29.8 Å². The molecule has 1 amide bonds. The third-order valence-electron chi connectivity index (χ3n) is 4.60. The number of morpholine rings is 1. The zero-order chi connectivity index (χ0) is 18.9. The van der Waals surface area contributed by atoms with Crippen LogP contribution in [0.25, 0.3) is 6.08 Å². The lowest BCUT2D eigenvalue weighted by atomic mass is 10.2. The van der Waals surface area contributed by atoms with Crippen molar-refractivity contribution in [1.29, 1.82) is 0 Å². The van der Waals surface area contributed by atoms with Crippen LogP contribution < -0.4 is 0 Å². The molecule has 0 radical (unpaired) electrons. The fraction of sp³-hybridized carbons (Fsp3) is 0.318. The number of hydrogen-bond donors (Lipinski definition) is 0. The van der Waals surface area contributed by atoms with Gasteiger partial charge in [-0.15, -0.1) is 0 Å². The lowest BCUT2D eigenvalue weighted by Gasteiger charge is -2.29. The van der Waals surface area contributed by atoms with Gasteiger partial charge in [0.1, 0.15) is 5.82 Å². The number of hydrogen-bond acceptors (Lipinski definition) is 3. The Morgan fingerprint density at radius 2 is 1.78 bits per heavy atom. The van der Waals surface area contributed by atoms with Crippen LogP contribution in [0.3, 0.4) is 0 Å². The van der Waals surface area contributed by atoms with Crippen LogP contribution in [-0.4, -0.2) is 61.6 Å². The van der Waals surface area contributed by atoms with Gasteiger partial charge in [-0.25, -0.2) is 4.39 Å². The van der Waals surface area contributed by atoms with Crippen molar-refractivity contribution in [3.05, 3.63) is 77.6 Å². The van der Waals surface area contributed by atoms with E-state index in [4.69, 9.17) is 4.74 Å². The second-order valence-electron chi connectivity index (χ2n) is 6.53. The number of rotatable bonds is 7. The molecule has 0 aromatic heterocycles. The summed E-state index contributed by atoms with van der Waals surface area (Å²) in [5.41, 5.74) is 1.60. The second-order valence-corrected chi connectivity index (χ2v) is 6.53. The van der Waals surface area contributed by atoms with Crippen LogP contribution in [0.1, 0.15) is 15.9 Å². The van der Waals surface area contributed by atoms with Crippen LogP contribution in [0.5, 0.6) is 0 Å². The molecule has 2 aromatic rings. The van der Waals surface area contributed by atoms with E-state index in [1.54, 1.807) is 12.1 Å². The average Bonchev–Trinajstić information content (AvgIpc) is 2.72. The first-order valence-corrected chi connectivity index (χ1v) is 9.29. The highest BCUT2D eigenvalue weighted by Crippen LogP contribution is 2.09. The van der Waals surface area contributed by atoms with Gasteiger partial charge in [0.15, 0.2) is 0 Å². The third kappa shape index (κ3) is 6.01. The topological polar surface area (TPSA) is 32.8 Å². The number of halogens is 1. The number of ether oxygens (including phenoxy) is 1. The summed E-state index contributed by atoms with van der Waals surface area (Å²) in [6, 6.07) is 15.7. The molecule has 1 aliphatic rings. The van der Waals surface area contributed by atoms with Gasteiger partial charge in [0, 0.05) is 38.3 Å². The molecule has 1 aliphatic heterocycles. The van der Waals surface area contributed by atoms with Gasteiger partial charge in [0.05, 0.1) is 13.2 Å². The average molecular weight is 368 g/mol. The predicted molar refractivity (Wildman–Crippen MR) is 105 cm³/mol. The standard InChI is InChI=1S/C22H25FN2O2/c23-21-10-8-20(9-11-21)22(26)25(14-13-24-15-17-27-18-16-24)12-4-7-19-5-2-1-3-6-19/h1-11H,12-18H2/b7-4+. The zero-order valence-corrected chi connectivity index (χ0v) is 15.4. The van der Waals surface area contributed by atoms with E-state index in [9.17, 15) is 9.18 Å². The molecule has 5 heteroatoms. The van der Waals surface area contributed by atoms with Crippen LogP contribution in [0, 0.1) is 5.82 Å². The number of benzene rings is 2. The van der Waals surface area contributed by atoms with E-state index in [1.807, 2.05) is 47.4 Å². The van der Waals surface area contributed by atoms with E-state index in [2.05, 4.69) is 4.90 Å². The predicted octanol–water partition coefficient (Wildman–Crippen LogP) is 3.31. The molecule has 2 aromatic carbocycles. The molecular formula is C22H25FN2O2. The highest BCUT2D eigenvalue weighted by molar-refractivity contribution is 5.94. The van der Waals surface area contributed by atoms with Gasteiger partial charge in [-0.2, -0.15) is 0 Å². The molecule has 0 aliphatic carbocycles. The quantitative estimate of drug-likeness (QED) is 0.752. The number of carbonyl (C=O) groups is 1. The Morgan fingerprint density at radius 1 is 1.07 bits per heavy atom. The molecule has 3 rings (SSSR count). The van der Waals surface area contributed by atoms with Crippen molar-refractivity contribution in [2.45, 2.75) is 0 Å². The van der Waals surface area contributed by atoms with Crippen LogP contribution in [0.4, 0.5) is 4.39 Å². The smallest absolute Gasteiger partial charge is 0.254 e. The van der Waals surface area contributed by atoms with Gasteiger partial charge in [0.2, 0.25) is 0 Å². The van der Waals surface area contributed by atoms with Crippen molar-refractivity contribution in [1.82, 2.24) is 9.80 Å². The fourth-order valence-electron chi connectivity index (χ4n) is 3.02. The Morgan fingerprint density at radius 3 is 2.48 bits per heavy atom. The summed E-state index contributed by atoms with van der Waals surface area (Å²) < 4.78 is 18.6. The first kappa shape index (κ1) is 19.3. The molecule has 142 valence electrons. The summed E-state index contributed by atoms with van der Waals surface area (Å²) >= 11 is 0. The molecule has 0 unspecified atom stereocenters. The maximum atomic E-state index is 13.2. The minimum absolute atomic E-state index is 0.0824.